The van der Waals surface area contributed by atoms with Crippen molar-refractivity contribution in [2.45, 2.75) is 19.4 Å². The Morgan fingerprint density at radius 2 is 2.10 bits per heavy atom. The van der Waals surface area contributed by atoms with Gasteiger partial charge in [0.1, 0.15) is 11.2 Å². The molecule has 1 saturated heterocycles. The number of nitrogens with zero attached hydrogens (tertiary/aromatic N) is 3. The predicted octanol–water partition coefficient (Wildman–Crippen LogP) is 3.45. The number of hydrogen-bond donors (Lipinski definition) is 3. The first-order valence-electron chi connectivity index (χ1n) is 8.94. The molecular weight excluding hydrogens is 456 g/mol. The van der Waals surface area contributed by atoms with Crippen LogP contribution >= 0.6 is 27.3 Å². The quantitative estimate of drug-likeness (QED) is 0.385. The van der Waals surface area contributed by atoms with Gasteiger partial charge in [0, 0.05) is 29.7 Å². The van der Waals surface area contributed by atoms with Gasteiger partial charge < -0.3 is 16.4 Å². The van der Waals surface area contributed by atoms with E-state index in [-0.39, 0.29) is 18.5 Å². The van der Waals surface area contributed by atoms with E-state index in [1.807, 2.05) is 24.3 Å². The third kappa shape index (κ3) is 3.77. The van der Waals surface area contributed by atoms with Crippen molar-refractivity contribution in [2.75, 3.05) is 24.1 Å². The van der Waals surface area contributed by atoms with E-state index in [1.165, 1.54) is 4.90 Å². The first-order chi connectivity index (χ1) is 13.7. The molecule has 0 spiro atoms. The third-order valence-corrected chi connectivity index (χ3v) is 6.28. The molecule has 1 aliphatic heterocycles. The van der Waals surface area contributed by atoms with E-state index in [0.29, 0.717) is 12.5 Å². The number of nitrogens with one attached hydrogen (secondary N) is 2. The highest BCUT2D eigenvalue weighted by molar-refractivity contribution is 9.10. The average molecular weight is 475 g/mol. The summed E-state index contributed by atoms with van der Waals surface area (Å²) in [6, 6.07) is 7.46. The summed E-state index contributed by atoms with van der Waals surface area (Å²) in [5.74, 6) is 0.178. The molecule has 1 aromatic carbocycles. The largest absolute Gasteiger partial charge is 0.399 e. The van der Waals surface area contributed by atoms with E-state index in [9.17, 15) is 9.59 Å². The Morgan fingerprint density at radius 3 is 2.83 bits per heavy atom. The molecule has 10 heteroatoms. The van der Waals surface area contributed by atoms with Crippen LogP contribution in [0.15, 0.2) is 34.9 Å². The number of anilines is 2. The average Bonchev–Trinajstić information content (AvgIpc) is 3.15. The summed E-state index contributed by atoms with van der Waals surface area (Å²) in [5.41, 5.74) is 6.48. The van der Waals surface area contributed by atoms with Crippen LogP contribution in [0.25, 0.3) is 20.7 Å². The molecule has 3 aromatic rings. The summed E-state index contributed by atoms with van der Waals surface area (Å²) >= 11 is 5.13. The number of urea groups is 1. The topological polar surface area (TPSA) is 113 Å². The number of benzene rings is 1. The maximum Gasteiger partial charge on any atom is 0.325 e. The van der Waals surface area contributed by atoms with Gasteiger partial charge in [0.2, 0.25) is 5.95 Å². The maximum absolute atomic E-state index is 12.2. The number of rotatable bonds is 5. The predicted molar refractivity (Wildman–Crippen MR) is 118 cm³/mol. The second kappa shape index (κ2) is 7.27. The number of fused-ring (bicyclic) bond motifs is 1. The van der Waals surface area contributed by atoms with E-state index in [2.05, 4.69) is 36.5 Å². The summed E-state index contributed by atoms with van der Waals surface area (Å²) in [6.07, 6.45) is 1.68. The Balaban J connectivity index is 1.50. The monoisotopic (exact) mass is 474 g/mol. The van der Waals surface area contributed by atoms with Gasteiger partial charge in [0.15, 0.2) is 0 Å². The van der Waals surface area contributed by atoms with Crippen molar-refractivity contribution in [1.82, 2.24) is 20.2 Å². The number of thiophene rings is 1. The van der Waals surface area contributed by atoms with Gasteiger partial charge in [-0.15, -0.1) is 11.3 Å². The third-order valence-electron chi connectivity index (χ3n) is 4.58. The highest BCUT2D eigenvalue weighted by Crippen LogP contribution is 2.36. The molecule has 150 valence electrons. The summed E-state index contributed by atoms with van der Waals surface area (Å²) in [5, 5.41) is 6.81. The van der Waals surface area contributed by atoms with Crippen LogP contribution < -0.4 is 16.4 Å². The second-order valence-electron chi connectivity index (χ2n) is 7.24. The van der Waals surface area contributed by atoms with E-state index < -0.39 is 5.54 Å². The molecule has 0 saturated carbocycles. The van der Waals surface area contributed by atoms with Gasteiger partial charge in [-0.25, -0.2) is 14.8 Å². The molecule has 3 amide bonds. The number of amides is 3. The van der Waals surface area contributed by atoms with Crippen molar-refractivity contribution in [3.63, 3.8) is 0 Å². The zero-order valence-corrected chi connectivity index (χ0v) is 18.2. The molecule has 4 N–H and O–H groups in total. The summed E-state index contributed by atoms with van der Waals surface area (Å²) in [4.78, 5) is 35.3. The van der Waals surface area contributed by atoms with Crippen LogP contribution in [0.2, 0.25) is 0 Å². The lowest BCUT2D eigenvalue weighted by Gasteiger charge is -2.16. The van der Waals surface area contributed by atoms with E-state index in [0.717, 1.165) is 30.8 Å². The van der Waals surface area contributed by atoms with E-state index >= 15 is 0 Å². The highest BCUT2D eigenvalue weighted by Gasteiger charge is 2.43. The number of imide groups is 1. The molecule has 0 bridgehead atoms. The van der Waals surface area contributed by atoms with Crippen molar-refractivity contribution in [3.8, 4) is 10.6 Å². The van der Waals surface area contributed by atoms with Crippen molar-refractivity contribution in [2.24, 2.45) is 0 Å². The maximum atomic E-state index is 12.2. The molecule has 0 radical (unpaired) electrons. The highest BCUT2D eigenvalue weighted by atomic mass is 79.9. The van der Waals surface area contributed by atoms with Crippen LogP contribution in [0.1, 0.15) is 13.8 Å². The molecule has 3 heterocycles. The van der Waals surface area contributed by atoms with Crippen molar-refractivity contribution in [1.29, 1.82) is 0 Å². The number of nitrogen functional groups attached to an aromatic ring is 1. The molecule has 0 aliphatic carbocycles. The summed E-state index contributed by atoms with van der Waals surface area (Å²) in [7, 11) is 0. The Labute approximate surface area is 179 Å². The number of nitrogens with two attached hydrogens (primary N) is 1. The number of hydrogen-bond acceptors (Lipinski definition) is 7. The molecule has 8 nitrogen and oxygen atoms in total. The summed E-state index contributed by atoms with van der Waals surface area (Å²) < 4.78 is 1.90. The Hall–Kier alpha value is -2.72. The molecule has 0 atom stereocenters. The fraction of sp³-hybridized carbons (Fsp3) is 0.263. The van der Waals surface area contributed by atoms with Gasteiger partial charge in [-0.2, -0.15) is 0 Å². The molecule has 1 fully saturated rings. The molecular formula is C19H19BrN6O2S. The van der Waals surface area contributed by atoms with Crippen LogP contribution in [0, 0.1) is 0 Å². The van der Waals surface area contributed by atoms with Gasteiger partial charge in [0.05, 0.1) is 9.35 Å². The first kappa shape index (κ1) is 19.6. The Morgan fingerprint density at radius 1 is 1.31 bits per heavy atom. The zero-order chi connectivity index (χ0) is 20.8. The number of carbonyl (C=O) groups excluding carboxylic acids is 2. The van der Waals surface area contributed by atoms with E-state index in [1.54, 1.807) is 31.4 Å². The Kier molecular flexibility index (Phi) is 4.91. The lowest BCUT2D eigenvalue weighted by molar-refractivity contribution is -0.130. The van der Waals surface area contributed by atoms with Crippen molar-refractivity contribution in [3.05, 3.63) is 34.9 Å². The van der Waals surface area contributed by atoms with Crippen LogP contribution in [-0.2, 0) is 4.79 Å². The van der Waals surface area contributed by atoms with Crippen LogP contribution in [0.3, 0.4) is 0 Å². The smallest absolute Gasteiger partial charge is 0.325 e. The van der Waals surface area contributed by atoms with Crippen LogP contribution in [0.5, 0.6) is 0 Å². The lowest BCUT2D eigenvalue weighted by atomic mass is 10.1. The van der Waals surface area contributed by atoms with E-state index in [4.69, 9.17) is 5.73 Å². The van der Waals surface area contributed by atoms with Gasteiger partial charge in [0.25, 0.3) is 5.91 Å². The minimum Gasteiger partial charge on any atom is -0.399 e. The number of halogens is 1. The van der Waals surface area contributed by atoms with Gasteiger partial charge in [-0.1, -0.05) is 0 Å². The van der Waals surface area contributed by atoms with Gasteiger partial charge >= 0.3 is 6.03 Å². The zero-order valence-electron chi connectivity index (χ0n) is 15.8. The minimum atomic E-state index is -0.872. The first-order valence-corrected chi connectivity index (χ1v) is 10.6. The fourth-order valence-electron chi connectivity index (χ4n) is 3.10. The Bertz CT molecular complexity index is 1130. The lowest BCUT2D eigenvalue weighted by Crippen LogP contribution is -2.40. The second-order valence-corrected chi connectivity index (χ2v) is 9.17. The van der Waals surface area contributed by atoms with Crippen LogP contribution in [0.4, 0.5) is 16.4 Å². The number of carbonyl (C=O) groups is 2. The standard InChI is InChI=1S/C19H19BrN6O2S/c1-19(2)16(27)26(18(28)25-19)6-5-22-17-23-9-12(20)15(24-17)14-8-10-7-11(21)3-4-13(10)29-14/h3-4,7-9H,5-6,21H2,1-2H3,(H,25,28)(H,22,23,24). The molecule has 29 heavy (non-hydrogen) atoms. The normalized spacial score (nSPS) is 15.8. The minimum absolute atomic E-state index is 0.227. The van der Waals surface area contributed by atoms with Crippen LogP contribution in [-0.4, -0.2) is 45.4 Å². The van der Waals surface area contributed by atoms with Gasteiger partial charge in [-0.05, 0) is 59.4 Å². The molecule has 1 aliphatic rings. The molecule has 4 rings (SSSR count). The number of aromatic nitrogens is 2. The van der Waals surface area contributed by atoms with Crippen molar-refractivity contribution < 1.29 is 9.59 Å². The summed E-state index contributed by atoms with van der Waals surface area (Å²) in [6.45, 7) is 3.94. The molecule has 2 aromatic heterocycles. The SMILES string of the molecule is CC1(C)NC(=O)N(CCNc2ncc(Br)c(-c3cc4cc(N)ccc4s3)n2)C1=O. The fourth-order valence-corrected chi connectivity index (χ4v) is 4.69. The van der Waals surface area contributed by atoms with Crippen molar-refractivity contribution >= 4 is 60.9 Å². The molecule has 0 unspecified atom stereocenters. The van der Waals surface area contributed by atoms with Gasteiger partial charge in [-0.3, -0.25) is 9.69 Å².